The lowest BCUT2D eigenvalue weighted by Crippen LogP contribution is -2.05. The number of nitrogens with two attached hydrogens (primary N) is 1. The van der Waals surface area contributed by atoms with Crippen LogP contribution >= 0.6 is 27.5 Å². The van der Waals surface area contributed by atoms with Crippen molar-refractivity contribution in [2.75, 3.05) is 16.4 Å². The second kappa shape index (κ2) is 7.07. The molecule has 24 heavy (non-hydrogen) atoms. The van der Waals surface area contributed by atoms with E-state index in [2.05, 4.69) is 36.5 Å². The van der Waals surface area contributed by atoms with Gasteiger partial charge in [0.2, 0.25) is 0 Å². The molecule has 122 valence electrons. The fourth-order valence-electron chi connectivity index (χ4n) is 2.15. The summed E-state index contributed by atoms with van der Waals surface area (Å²) in [6, 6.07) is 13.4. The van der Waals surface area contributed by atoms with Gasteiger partial charge >= 0.3 is 0 Å². The number of hydrogen-bond acceptors (Lipinski definition) is 5. The lowest BCUT2D eigenvalue weighted by molar-refractivity contribution is 1.17. The van der Waals surface area contributed by atoms with Crippen LogP contribution in [0.4, 0.5) is 28.7 Å². The predicted molar refractivity (Wildman–Crippen MR) is 103 cm³/mol. The van der Waals surface area contributed by atoms with Crippen molar-refractivity contribution in [3.05, 3.63) is 63.9 Å². The van der Waals surface area contributed by atoms with Crippen LogP contribution < -0.4 is 16.4 Å². The maximum atomic E-state index is 6.21. The van der Waals surface area contributed by atoms with Gasteiger partial charge in [0.15, 0.2) is 11.6 Å². The van der Waals surface area contributed by atoms with Crippen molar-refractivity contribution < 1.29 is 0 Å². The van der Waals surface area contributed by atoms with E-state index >= 15 is 0 Å². The van der Waals surface area contributed by atoms with E-state index in [1.165, 1.54) is 6.33 Å². The molecular formula is C17H15BrClN5. The molecule has 1 heterocycles. The number of hydrogen-bond donors (Lipinski definition) is 3. The van der Waals surface area contributed by atoms with Crippen LogP contribution in [0.5, 0.6) is 0 Å². The minimum Gasteiger partial charge on any atom is -0.393 e. The van der Waals surface area contributed by atoms with E-state index in [1.54, 1.807) is 0 Å². The van der Waals surface area contributed by atoms with Gasteiger partial charge in [-0.15, -0.1) is 0 Å². The fraction of sp³-hybridized carbons (Fsp3) is 0.0588. The Bertz CT molecular complexity index is 885. The molecule has 0 aliphatic heterocycles. The molecule has 4 N–H and O–H groups in total. The lowest BCUT2D eigenvalue weighted by Gasteiger charge is -2.14. The molecule has 3 rings (SSSR count). The molecule has 0 radical (unpaired) electrons. The summed E-state index contributed by atoms with van der Waals surface area (Å²) in [5.41, 5.74) is 9.40. The number of rotatable bonds is 4. The van der Waals surface area contributed by atoms with Crippen molar-refractivity contribution in [3.63, 3.8) is 0 Å². The molecule has 0 saturated carbocycles. The largest absolute Gasteiger partial charge is 0.393 e. The van der Waals surface area contributed by atoms with Crippen LogP contribution in [0, 0.1) is 6.92 Å². The number of nitrogens with one attached hydrogen (secondary N) is 2. The van der Waals surface area contributed by atoms with E-state index in [4.69, 9.17) is 17.3 Å². The summed E-state index contributed by atoms with van der Waals surface area (Å²) in [6.07, 6.45) is 1.46. The summed E-state index contributed by atoms with van der Waals surface area (Å²) in [6.45, 7) is 1.98. The second-order valence-electron chi connectivity index (χ2n) is 5.20. The van der Waals surface area contributed by atoms with E-state index in [1.807, 2.05) is 49.4 Å². The molecule has 7 heteroatoms. The van der Waals surface area contributed by atoms with Crippen LogP contribution in [0.1, 0.15) is 5.56 Å². The van der Waals surface area contributed by atoms with Crippen molar-refractivity contribution in [3.8, 4) is 0 Å². The summed E-state index contributed by atoms with van der Waals surface area (Å²) in [5, 5.41) is 7.04. The summed E-state index contributed by atoms with van der Waals surface area (Å²) in [7, 11) is 0. The van der Waals surface area contributed by atoms with Gasteiger partial charge in [0.05, 0.1) is 0 Å². The lowest BCUT2D eigenvalue weighted by atomic mass is 10.2. The molecule has 0 aliphatic rings. The van der Waals surface area contributed by atoms with Gasteiger partial charge in [-0.3, -0.25) is 0 Å². The Labute approximate surface area is 153 Å². The van der Waals surface area contributed by atoms with Crippen molar-refractivity contribution >= 4 is 56.2 Å². The minimum absolute atomic E-state index is 0.428. The Morgan fingerprint density at radius 3 is 2.54 bits per heavy atom. The highest BCUT2D eigenvalue weighted by molar-refractivity contribution is 9.10. The maximum absolute atomic E-state index is 6.21. The first kappa shape index (κ1) is 16.5. The van der Waals surface area contributed by atoms with Gasteiger partial charge in [0, 0.05) is 20.9 Å². The topological polar surface area (TPSA) is 75.9 Å². The Morgan fingerprint density at radius 1 is 1.04 bits per heavy atom. The van der Waals surface area contributed by atoms with Crippen molar-refractivity contribution in [2.24, 2.45) is 0 Å². The molecular weight excluding hydrogens is 390 g/mol. The molecule has 3 aromatic rings. The number of anilines is 5. The van der Waals surface area contributed by atoms with Crippen LogP contribution in [0.3, 0.4) is 0 Å². The van der Waals surface area contributed by atoms with Gasteiger partial charge in [-0.25, -0.2) is 9.97 Å². The van der Waals surface area contributed by atoms with Crippen LogP contribution in [0.15, 0.2) is 53.3 Å². The summed E-state index contributed by atoms with van der Waals surface area (Å²) < 4.78 is 0.966. The average molecular weight is 405 g/mol. The van der Waals surface area contributed by atoms with Gasteiger partial charge in [0.25, 0.3) is 0 Å². The predicted octanol–water partition coefficient (Wildman–Crippen LogP) is 5.27. The molecule has 0 spiro atoms. The summed E-state index contributed by atoms with van der Waals surface area (Å²) in [4.78, 5) is 8.44. The highest BCUT2D eigenvalue weighted by atomic mass is 79.9. The van der Waals surface area contributed by atoms with Crippen molar-refractivity contribution in [1.82, 2.24) is 9.97 Å². The molecule has 0 unspecified atom stereocenters. The number of benzene rings is 2. The summed E-state index contributed by atoms with van der Waals surface area (Å²) in [5.74, 6) is 1.05. The molecule has 0 amide bonds. The van der Waals surface area contributed by atoms with Crippen molar-refractivity contribution in [2.45, 2.75) is 6.92 Å². The smallest absolute Gasteiger partial charge is 0.159 e. The molecule has 0 aliphatic carbocycles. The van der Waals surface area contributed by atoms with E-state index in [9.17, 15) is 0 Å². The van der Waals surface area contributed by atoms with E-state index < -0.39 is 0 Å². The van der Waals surface area contributed by atoms with Gasteiger partial charge < -0.3 is 16.4 Å². The van der Waals surface area contributed by atoms with Gasteiger partial charge in [0.1, 0.15) is 12.0 Å². The van der Waals surface area contributed by atoms with E-state index in [0.29, 0.717) is 22.3 Å². The molecule has 2 aromatic carbocycles. The Kier molecular flexibility index (Phi) is 4.87. The molecule has 0 fully saturated rings. The molecule has 0 atom stereocenters. The number of aromatic nitrogens is 2. The zero-order chi connectivity index (χ0) is 17.1. The van der Waals surface area contributed by atoms with Gasteiger partial charge in [-0.1, -0.05) is 39.7 Å². The van der Waals surface area contributed by atoms with Crippen LogP contribution in [0.25, 0.3) is 0 Å². The monoisotopic (exact) mass is 403 g/mol. The van der Waals surface area contributed by atoms with Crippen LogP contribution in [0.2, 0.25) is 5.02 Å². The molecule has 1 aromatic heterocycles. The Morgan fingerprint density at radius 2 is 1.79 bits per heavy atom. The zero-order valence-corrected chi connectivity index (χ0v) is 15.2. The second-order valence-corrected chi connectivity index (χ2v) is 6.56. The number of nitrogens with zero attached hydrogens (tertiary/aromatic N) is 2. The maximum Gasteiger partial charge on any atom is 0.159 e. The SMILES string of the molecule is Cc1ccc(Cl)cc1Nc1ncnc(Nc2cccc(Br)c2)c1N. The number of aryl methyl sites for hydroxylation is 1. The Balaban J connectivity index is 1.89. The molecule has 0 saturated heterocycles. The quantitative estimate of drug-likeness (QED) is 0.552. The van der Waals surface area contributed by atoms with E-state index in [-0.39, 0.29) is 0 Å². The molecule has 0 bridgehead atoms. The first-order valence-electron chi connectivity index (χ1n) is 7.19. The highest BCUT2D eigenvalue weighted by Gasteiger charge is 2.10. The Hall–Kier alpha value is -2.31. The summed E-state index contributed by atoms with van der Waals surface area (Å²) >= 11 is 9.49. The third-order valence-electron chi connectivity index (χ3n) is 3.42. The van der Waals surface area contributed by atoms with E-state index in [0.717, 1.165) is 21.4 Å². The standard InChI is InChI=1S/C17H15BrClN5/c1-10-5-6-12(19)8-14(10)24-17-15(20)16(21-9-22-17)23-13-4-2-3-11(18)7-13/h2-9H,20H2,1H3,(H2,21,22,23,24). The fourth-order valence-corrected chi connectivity index (χ4v) is 2.73. The first-order valence-corrected chi connectivity index (χ1v) is 8.36. The third kappa shape index (κ3) is 3.77. The van der Waals surface area contributed by atoms with Gasteiger partial charge in [-0.05, 0) is 42.8 Å². The average Bonchev–Trinajstić information content (AvgIpc) is 2.55. The normalized spacial score (nSPS) is 10.5. The first-order chi connectivity index (χ1) is 11.5. The van der Waals surface area contributed by atoms with Crippen molar-refractivity contribution in [1.29, 1.82) is 0 Å². The number of nitrogen functional groups attached to an aromatic ring is 1. The molecule has 5 nitrogen and oxygen atoms in total. The highest BCUT2D eigenvalue weighted by Crippen LogP contribution is 2.30. The third-order valence-corrected chi connectivity index (χ3v) is 4.15. The van der Waals surface area contributed by atoms with Crippen LogP contribution in [-0.4, -0.2) is 9.97 Å². The van der Waals surface area contributed by atoms with Gasteiger partial charge in [-0.2, -0.15) is 0 Å². The zero-order valence-electron chi connectivity index (χ0n) is 12.8. The number of halogens is 2. The minimum atomic E-state index is 0.428. The van der Waals surface area contributed by atoms with Crippen LogP contribution in [-0.2, 0) is 0 Å².